The first-order valence-corrected chi connectivity index (χ1v) is 10.7. The van der Waals surface area contributed by atoms with E-state index in [1.165, 1.54) is 11.1 Å². The van der Waals surface area contributed by atoms with Crippen molar-refractivity contribution in [3.05, 3.63) is 62.6 Å². The first-order chi connectivity index (χ1) is 13.7. The summed E-state index contributed by atoms with van der Waals surface area (Å²) in [7, 11) is 0. The first-order valence-electron chi connectivity index (χ1n) is 9.93. The minimum Gasteiger partial charge on any atom is -0.386 e. The van der Waals surface area contributed by atoms with E-state index < -0.39 is 11.4 Å². The predicted molar refractivity (Wildman–Crippen MR) is 118 cm³/mol. The average Bonchev–Trinajstić information content (AvgIpc) is 3.12. The molecular weight excluding hydrogens is 433 g/mol. The number of nitrogens with zero attached hydrogens (tertiary/aromatic N) is 2. The van der Waals surface area contributed by atoms with Crippen LogP contribution >= 0.6 is 15.9 Å². The quantitative estimate of drug-likeness (QED) is 0.525. The van der Waals surface area contributed by atoms with Crippen LogP contribution in [0.15, 0.2) is 28.7 Å². The number of aliphatic hydroxyl groups is 1. The van der Waals surface area contributed by atoms with Gasteiger partial charge >= 0.3 is 0 Å². The van der Waals surface area contributed by atoms with Crippen LogP contribution in [0, 0.1) is 12.7 Å². The van der Waals surface area contributed by atoms with Gasteiger partial charge in [-0.1, -0.05) is 34.1 Å². The molecule has 1 aromatic heterocycles. The van der Waals surface area contributed by atoms with Crippen LogP contribution in [0.3, 0.4) is 0 Å². The Kier molecular flexibility index (Phi) is 5.11. The van der Waals surface area contributed by atoms with Crippen LogP contribution in [0.5, 0.6) is 0 Å². The van der Waals surface area contributed by atoms with E-state index in [2.05, 4.69) is 32.3 Å². The molecule has 1 aliphatic carbocycles. The number of anilines is 1. The number of benzene rings is 2. The second-order valence-corrected chi connectivity index (χ2v) is 9.17. The van der Waals surface area contributed by atoms with Gasteiger partial charge in [0.25, 0.3) is 0 Å². The molecule has 4 rings (SSSR count). The van der Waals surface area contributed by atoms with Crippen LogP contribution in [0.25, 0.3) is 10.9 Å². The molecule has 0 bridgehead atoms. The lowest BCUT2D eigenvalue weighted by Gasteiger charge is -2.23. The van der Waals surface area contributed by atoms with Gasteiger partial charge < -0.3 is 10.4 Å². The van der Waals surface area contributed by atoms with E-state index in [4.69, 9.17) is 4.98 Å². The zero-order valence-electron chi connectivity index (χ0n) is 17.1. The molecule has 0 unspecified atom stereocenters. The second kappa shape index (κ2) is 7.33. The fraction of sp³-hybridized carbons (Fsp3) is 0.391. The molecule has 1 aliphatic rings. The predicted octanol–water partition coefficient (Wildman–Crippen LogP) is 5.73. The molecule has 3 aromatic rings. The summed E-state index contributed by atoms with van der Waals surface area (Å²) in [6.07, 6.45) is 3.20. The Labute approximate surface area is 178 Å². The number of hydrogen-bond donors (Lipinski definition) is 2. The van der Waals surface area contributed by atoms with Gasteiger partial charge in [0.05, 0.1) is 17.2 Å². The number of rotatable bonds is 4. The van der Waals surface area contributed by atoms with E-state index >= 15 is 4.39 Å². The summed E-state index contributed by atoms with van der Waals surface area (Å²) in [4.78, 5) is 9.33. The molecule has 0 spiro atoms. The summed E-state index contributed by atoms with van der Waals surface area (Å²) in [5, 5.41) is 14.6. The zero-order valence-corrected chi connectivity index (χ0v) is 18.7. The highest BCUT2D eigenvalue weighted by atomic mass is 79.9. The van der Waals surface area contributed by atoms with Crippen molar-refractivity contribution in [2.75, 3.05) is 5.32 Å². The Bertz CT molecular complexity index is 1110. The Balaban J connectivity index is 1.78. The Morgan fingerprint density at radius 2 is 1.93 bits per heavy atom. The molecule has 0 saturated carbocycles. The van der Waals surface area contributed by atoms with Crippen LogP contribution in [0.2, 0.25) is 0 Å². The largest absolute Gasteiger partial charge is 0.386 e. The number of halogens is 2. The Morgan fingerprint density at radius 3 is 2.66 bits per heavy atom. The lowest BCUT2D eigenvalue weighted by molar-refractivity contribution is 0.0743. The number of aryl methyl sites for hydroxylation is 2. The minimum absolute atomic E-state index is 0.285. The first kappa shape index (κ1) is 20.2. The molecule has 0 saturated heterocycles. The van der Waals surface area contributed by atoms with Crippen molar-refractivity contribution in [3.8, 4) is 0 Å². The normalized spacial score (nSPS) is 14.9. The topological polar surface area (TPSA) is 58.0 Å². The lowest BCUT2D eigenvalue weighted by Crippen LogP contribution is -2.20. The number of nitrogens with one attached hydrogen (secondary N) is 1. The zero-order chi connectivity index (χ0) is 20.9. The van der Waals surface area contributed by atoms with Crippen LogP contribution in [0.4, 0.5) is 10.2 Å². The smallest absolute Gasteiger partial charge is 0.138 e. The van der Waals surface area contributed by atoms with Crippen molar-refractivity contribution >= 4 is 32.7 Å². The third kappa shape index (κ3) is 3.64. The van der Waals surface area contributed by atoms with E-state index in [-0.39, 0.29) is 11.6 Å². The van der Waals surface area contributed by atoms with Gasteiger partial charge in [-0.25, -0.2) is 14.4 Å². The molecule has 0 amide bonds. The third-order valence-electron chi connectivity index (χ3n) is 5.63. The number of hydrogen-bond acceptors (Lipinski definition) is 4. The Morgan fingerprint density at radius 1 is 1.21 bits per heavy atom. The maximum absolute atomic E-state index is 15.1. The summed E-state index contributed by atoms with van der Waals surface area (Å²) >= 11 is 3.70. The van der Waals surface area contributed by atoms with Crippen LogP contribution in [0.1, 0.15) is 61.3 Å². The van der Waals surface area contributed by atoms with Crippen molar-refractivity contribution in [1.82, 2.24) is 9.97 Å². The highest BCUT2D eigenvalue weighted by Crippen LogP contribution is 2.38. The summed E-state index contributed by atoms with van der Waals surface area (Å²) < 4.78 is 16.2. The molecule has 0 fully saturated rings. The van der Waals surface area contributed by atoms with Crippen molar-refractivity contribution in [3.63, 3.8) is 0 Å². The lowest BCUT2D eigenvalue weighted by atomic mass is 9.93. The van der Waals surface area contributed by atoms with E-state index in [1.807, 2.05) is 13.8 Å². The average molecular weight is 458 g/mol. The molecule has 0 aliphatic heterocycles. The maximum atomic E-state index is 15.1. The number of fused-ring (bicyclic) bond motifs is 3. The molecule has 1 atom stereocenters. The molecule has 0 radical (unpaired) electrons. The Hall–Kier alpha value is -2.05. The van der Waals surface area contributed by atoms with Gasteiger partial charge in [0.2, 0.25) is 0 Å². The summed E-state index contributed by atoms with van der Waals surface area (Å²) in [5.41, 5.74) is 3.13. The molecular formula is C23H25BrFN3O. The minimum atomic E-state index is -1.25. The molecule has 29 heavy (non-hydrogen) atoms. The maximum Gasteiger partial charge on any atom is 0.138 e. The fourth-order valence-corrected chi connectivity index (χ4v) is 4.85. The van der Waals surface area contributed by atoms with Crippen molar-refractivity contribution < 1.29 is 9.50 Å². The van der Waals surface area contributed by atoms with E-state index in [9.17, 15) is 5.11 Å². The summed E-state index contributed by atoms with van der Waals surface area (Å²) in [6, 6.07) is 6.87. The summed E-state index contributed by atoms with van der Waals surface area (Å²) in [6.45, 7) is 6.96. The van der Waals surface area contributed by atoms with E-state index in [0.717, 1.165) is 34.6 Å². The number of aromatic nitrogens is 2. The van der Waals surface area contributed by atoms with Gasteiger partial charge in [-0.3, -0.25) is 0 Å². The van der Waals surface area contributed by atoms with Gasteiger partial charge in [0, 0.05) is 21.0 Å². The van der Waals surface area contributed by atoms with Gasteiger partial charge in [0.1, 0.15) is 17.5 Å². The second-order valence-electron chi connectivity index (χ2n) is 8.32. The molecule has 1 heterocycles. The fourth-order valence-electron chi connectivity index (χ4n) is 4.18. The van der Waals surface area contributed by atoms with Gasteiger partial charge in [0.15, 0.2) is 0 Å². The van der Waals surface area contributed by atoms with E-state index in [0.29, 0.717) is 17.2 Å². The van der Waals surface area contributed by atoms with Crippen molar-refractivity contribution in [2.45, 2.75) is 58.6 Å². The molecule has 6 heteroatoms. The van der Waals surface area contributed by atoms with Crippen LogP contribution in [-0.2, 0) is 18.4 Å². The van der Waals surface area contributed by atoms with Gasteiger partial charge in [-0.05, 0) is 64.2 Å². The van der Waals surface area contributed by atoms with Crippen molar-refractivity contribution in [1.29, 1.82) is 0 Å². The third-order valence-corrected chi connectivity index (χ3v) is 6.34. The standard InChI is InChI=1S/C23H25BrFN3O/c1-12(14-7-6-10-18(20(14)25)23(3,4)29)26-22-17-11-19(24)15-8-5-9-16(15)21(17)27-13(2)28-22/h6-7,10-12,29H,5,8-9H2,1-4H3,(H,26,27,28)/t12-/m1/s1. The highest BCUT2D eigenvalue weighted by molar-refractivity contribution is 9.10. The molecule has 2 N–H and O–H groups in total. The van der Waals surface area contributed by atoms with E-state index in [1.54, 1.807) is 32.0 Å². The highest BCUT2D eigenvalue weighted by Gasteiger charge is 2.25. The van der Waals surface area contributed by atoms with Gasteiger partial charge in [-0.2, -0.15) is 0 Å². The molecule has 4 nitrogen and oxygen atoms in total. The summed E-state index contributed by atoms with van der Waals surface area (Å²) in [5.74, 6) is 0.995. The van der Waals surface area contributed by atoms with Crippen LogP contribution in [-0.4, -0.2) is 15.1 Å². The molecule has 2 aromatic carbocycles. The molecule has 152 valence electrons. The van der Waals surface area contributed by atoms with Crippen molar-refractivity contribution in [2.24, 2.45) is 0 Å². The van der Waals surface area contributed by atoms with Crippen LogP contribution < -0.4 is 5.32 Å². The van der Waals surface area contributed by atoms with Gasteiger partial charge in [-0.15, -0.1) is 0 Å². The SMILES string of the molecule is Cc1nc(N[C@H](C)c2cccc(C(C)(C)O)c2F)c2cc(Br)c3c(c2n1)CCC3. The monoisotopic (exact) mass is 457 g/mol.